The summed E-state index contributed by atoms with van der Waals surface area (Å²) in [7, 11) is 1.93. The number of carbonyl (C=O) groups excluding carboxylic acids is 1. The highest BCUT2D eigenvalue weighted by Gasteiger charge is 2.39. The molecule has 2 saturated heterocycles. The standard InChI is InChI=1S/C16H30N2O2/c1-16(2,13-7-6-9-17-11-13)15(19)18(3)12-14-8-4-5-10-20-14/h13-14,17H,4-12H2,1-3H3. The molecule has 2 unspecified atom stereocenters. The first-order valence-electron chi connectivity index (χ1n) is 8.09. The average Bonchev–Trinajstić information content (AvgIpc) is 2.48. The number of ether oxygens (including phenoxy) is 1. The Morgan fingerprint density at radius 1 is 1.30 bits per heavy atom. The molecule has 0 aromatic carbocycles. The molecule has 1 N–H and O–H groups in total. The average molecular weight is 282 g/mol. The van der Waals surface area contributed by atoms with E-state index in [-0.39, 0.29) is 17.4 Å². The Labute approximate surface area is 123 Å². The molecule has 0 radical (unpaired) electrons. The first-order chi connectivity index (χ1) is 9.51. The van der Waals surface area contributed by atoms with E-state index in [4.69, 9.17) is 4.74 Å². The summed E-state index contributed by atoms with van der Waals surface area (Å²) in [6, 6.07) is 0. The Balaban J connectivity index is 1.90. The van der Waals surface area contributed by atoms with Gasteiger partial charge in [-0.2, -0.15) is 0 Å². The van der Waals surface area contributed by atoms with Crippen LogP contribution in [-0.4, -0.2) is 50.2 Å². The van der Waals surface area contributed by atoms with Crippen LogP contribution in [0.1, 0.15) is 46.0 Å². The van der Waals surface area contributed by atoms with Gasteiger partial charge in [0.25, 0.3) is 0 Å². The highest BCUT2D eigenvalue weighted by Crippen LogP contribution is 2.33. The summed E-state index contributed by atoms with van der Waals surface area (Å²) < 4.78 is 5.75. The van der Waals surface area contributed by atoms with Gasteiger partial charge < -0.3 is 15.0 Å². The van der Waals surface area contributed by atoms with E-state index in [1.807, 2.05) is 11.9 Å². The lowest BCUT2D eigenvalue weighted by Crippen LogP contribution is -2.49. The number of piperidine rings is 1. The second-order valence-electron chi connectivity index (χ2n) is 6.94. The zero-order valence-corrected chi connectivity index (χ0v) is 13.3. The molecule has 2 rings (SSSR count). The molecule has 4 heteroatoms. The number of carbonyl (C=O) groups is 1. The first kappa shape index (κ1) is 15.8. The fourth-order valence-corrected chi connectivity index (χ4v) is 3.47. The third kappa shape index (κ3) is 3.73. The van der Waals surface area contributed by atoms with Crippen molar-refractivity contribution in [3.8, 4) is 0 Å². The van der Waals surface area contributed by atoms with Crippen LogP contribution in [0.15, 0.2) is 0 Å². The van der Waals surface area contributed by atoms with Gasteiger partial charge in [-0.1, -0.05) is 13.8 Å². The summed E-state index contributed by atoms with van der Waals surface area (Å²) in [5.74, 6) is 0.707. The smallest absolute Gasteiger partial charge is 0.228 e. The van der Waals surface area contributed by atoms with E-state index in [1.54, 1.807) is 0 Å². The number of rotatable bonds is 4. The predicted octanol–water partition coefficient (Wildman–Crippen LogP) is 2.04. The van der Waals surface area contributed by atoms with Gasteiger partial charge in [0.05, 0.1) is 6.10 Å². The third-order valence-electron chi connectivity index (χ3n) is 4.97. The number of amides is 1. The van der Waals surface area contributed by atoms with Crippen molar-refractivity contribution in [1.29, 1.82) is 0 Å². The van der Waals surface area contributed by atoms with Gasteiger partial charge in [0, 0.05) is 25.6 Å². The molecule has 2 heterocycles. The summed E-state index contributed by atoms with van der Waals surface area (Å²) in [6.45, 7) is 7.85. The number of nitrogens with one attached hydrogen (secondary N) is 1. The minimum Gasteiger partial charge on any atom is -0.376 e. The van der Waals surface area contributed by atoms with Crippen LogP contribution >= 0.6 is 0 Å². The first-order valence-corrected chi connectivity index (χ1v) is 8.09. The fourth-order valence-electron chi connectivity index (χ4n) is 3.47. The molecule has 0 saturated carbocycles. The van der Waals surface area contributed by atoms with Crippen molar-refractivity contribution in [2.45, 2.75) is 52.1 Å². The van der Waals surface area contributed by atoms with E-state index in [2.05, 4.69) is 19.2 Å². The van der Waals surface area contributed by atoms with Crippen LogP contribution in [0.25, 0.3) is 0 Å². The molecule has 2 aliphatic heterocycles. The largest absolute Gasteiger partial charge is 0.376 e. The molecule has 1 amide bonds. The molecule has 2 atom stereocenters. The molecule has 2 aliphatic rings. The Morgan fingerprint density at radius 2 is 2.10 bits per heavy atom. The summed E-state index contributed by atoms with van der Waals surface area (Å²) in [5, 5.41) is 3.42. The van der Waals surface area contributed by atoms with E-state index in [1.165, 1.54) is 12.8 Å². The fraction of sp³-hybridized carbons (Fsp3) is 0.938. The van der Waals surface area contributed by atoms with Gasteiger partial charge >= 0.3 is 0 Å². The van der Waals surface area contributed by atoms with Crippen molar-refractivity contribution in [3.63, 3.8) is 0 Å². The maximum Gasteiger partial charge on any atom is 0.228 e. The number of hydrogen-bond donors (Lipinski definition) is 1. The maximum atomic E-state index is 12.8. The number of hydrogen-bond acceptors (Lipinski definition) is 3. The zero-order valence-electron chi connectivity index (χ0n) is 13.3. The van der Waals surface area contributed by atoms with Crippen LogP contribution in [0.3, 0.4) is 0 Å². The van der Waals surface area contributed by atoms with Gasteiger partial charge in [0.15, 0.2) is 0 Å². The predicted molar refractivity (Wildman–Crippen MR) is 80.6 cm³/mol. The van der Waals surface area contributed by atoms with Crippen LogP contribution in [0, 0.1) is 11.3 Å². The monoisotopic (exact) mass is 282 g/mol. The van der Waals surface area contributed by atoms with Gasteiger partial charge in [-0.25, -0.2) is 0 Å². The van der Waals surface area contributed by atoms with E-state index in [9.17, 15) is 4.79 Å². The second-order valence-corrected chi connectivity index (χ2v) is 6.94. The van der Waals surface area contributed by atoms with Gasteiger partial charge in [-0.05, 0) is 51.1 Å². The Kier molecular flexibility index (Phi) is 5.44. The molecular formula is C16H30N2O2. The SMILES string of the molecule is CN(CC1CCCCO1)C(=O)C(C)(C)C1CCCNC1. The Bertz CT molecular complexity index is 318. The van der Waals surface area contributed by atoms with Crippen LogP contribution in [-0.2, 0) is 9.53 Å². The van der Waals surface area contributed by atoms with Gasteiger partial charge in [-0.15, -0.1) is 0 Å². The van der Waals surface area contributed by atoms with E-state index in [0.29, 0.717) is 5.92 Å². The second kappa shape index (κ2) is 6.90. The Morgan fingerprint density at radius 3 is 2.70 bits per heavy atom. The maximum absolute atomic E-state index is 12.8. The zero-order chi connectivity index (χ0) is 14.6. The molecule has 2 fully saturated rings. The van der Waals surface area contributed by atoms with Gasteiger partial charge in [0.1, 0.15) is 0 Å². The molecular weight excluding hydrogens is 252 g/mol. The Hall–Kier alpha value is -0.610. The lowest BCUT2D eigenvalue weighted by atomic mass is 9.74. The molecule has 0 aromatic heterocycles. The topological polar surface area (TPSA) is 41.6 Å². The van der Waals surface area contributed by atoms with Crippen molar-refractivity contribution in [3.05, 3.63) is 0 Å². The molecule has 20 heavy (non-hydrogen) atoms. The number of nitrogens with zero attached hydrogens (tertiary/aromatic N) is 1. The lowest BCUT2D eigenvalue weighted by Gasteiger charge is -2.39. The van der Waals surface area contributed by atoms with E-state index < -0.39 is 0 Å². The van der Waals surface area contributed by atoms with Gasteiger partial charge in [0.2, 0.25) is 5.91 Å². The molecule has 0 spiro atoms. The van der Waals surface area contributed by atoms with E-state index in [0.717, 1.165) is 45.5 Å². The minimum absolute atomic E-state index is 0.234. The lowest BCUT2D eigenvalue weighted by molar-refractivity contribution is -0.144. The number of likely N-dealkylation sites (N-methyl/N-ethyl adjacent to an activating group) is 1. The summed E-state index contributed by atoms with van der Waals surface area (Å²) in [4.78, 5) is 14.7. The van der Waals surface area contributed by atoms with Crippen molar-refractivity contribution >= 4 is 5.91 Å². The molecule has 4 nitrogen and oxygen atoms in total. The summed E-state index contributed by atoms with van der Waals surface area (Å²) in [5.41, 5.74) is -0.281. The van der Waals surface area contributed by atoms with Crippen LogP contribution < -0.4 is 5.32 Å². The molecule has 0 aromatic rings. The molecule has 0 bridgehead atoms. The normalized spacial score (nSPS) is 28.1. The van der Waals surface area contributed by atoms with Crippen LogP contribution in [0.4, 0.5) is 0 Å². The highest BCUT2D eigenvalue weighted by molar-refractivity contribution is 5.82. The highest BCUT2D eigenvalue weighted by atomic mass is 16.5. The quantitative estimate of drug-likeness (QED) is 0.858. The minimum atomic E-state index is -0.281. The van der Waals surface area contributed by atoms with Crippen molar-refractivity contribution in [2.24, 2.45) is 11.3 Å². The van der Waals surface area contributed by atoms with Crippen LogP contribution in [0.5, 0.6) is 0 Å². The summed E-state index contributed by atoms with van der Waals surface area (Å²) >= 11 is 0. The van der Waals surface area contributed by atoms with Crippen molar-refractivity contribution < 1.29 is 9.53 Å². The van der Waals surface area contributed by atoms with Crippen LogP contribution in [0.2, 0.25) is 0 Å². The van der Waals surface area contributed by atoms with Crippen molar-refractivity contribution in [2.75, 3.05) is 33.3 Å². The molecule has 0 aliphatic carbocycles. The molecule has 116 valence electrons. The summed E-state index contributed by atoms with van der Waals surface area (Å²) in [6.07, 6.45) is 6.04. The van der Waals surface area contributed by atoms with Gasteiger partial charge in [-0.3, -0.25) is 4.79 Å². The van der Waals surface area contributed by atoms with Crippen molar-refractivity contribution in [1.82, 2.24) is 10.2 Å². The van der Waals surface area contributed by atoms with E-state index >= 15 is 0 Å². The third-order valence-corrected chi connectivity index (χ3v) is 4.97.